The van der Waals surface area contributed by atoms with E-state index in [1.165, 1.54) is 18.2 Å². The maximum absolute atomic E-state index is 14.0. The number of aliphatic hydroxyl groups is 1. The first-order valence-corrected chi connectivity index (χ1v) is 12.1. The van der Waals surface area contributed by atoms with Crippen molar-refractivity contribution < 1.29 is 24.1 Å². The molecule has 2 heterocycles. The molecular weight excluding hydrogens is 473 g/mol. The van der Waals surface area contributed by atoms with Gasteiger partial charge < -0.3 is 14.9 Å². The highest BCUT2D eigenvalue weighted by atomic mass is 19.1. The van der Waals surface area contributed by atoms with Gasteiger partial charge >= 0.3 is 5.97 Å². The van der Waals surface area contributed by atoms with Crippen LogP contribution in [0.1, 0.15) is 42.1 Å². The number of aliphatic hydroxyl groups excluding tert-OH is 1. The van der Waals surface area contributed by atoms with E-state index in [-0.39, 0.29) is 23.6 Å². The number of aromatic nitrogens is 1. The van der Waals surface area contributed by atoms with Crippen LogP contribution >= 0.6 is 0 Å². The molecule has 2 aromatic carbocycles. The van der Waals surface area contributed by atoms with E-state index < -0.39 is 23.8 Å². The van der Waals surface area contributed by atoms with Gasteiger partial charge in [0.2, 0.25) is 0 Å². The van der Waals surface area contributed by atoms with Gasteiger partial charge in [0.25, 0.3) is 0 Å². The number of fused-ring (bicyclic) bond motifs is 1. The Balaban J connectivity index is 1.40. The molecule has 1 fully saturated rings. The quantitative estimate of drug-likeness (QED) is 0.469. The zero-order valence-electron chi connectivity index (χ0n) is 20.5. The molecule has 0 radical (unpaired) electrons. The van der Waals surface area contributed by atoms with Crippen LogP contribution in [0.3, 0.4) is 0 Å². The molecule has 1 aliphatic heterocycles. The summed E-state index contributed by atoms with van der Waals surface area (Å²) in [6.45, 7) is 1.25. The number of piperidine rings is 1. The van der Waals surface area contributed by atoms with Gasteiger partial charge in [0.05, 0.1) is 42.3 Å². The van der Waals surface area contributed by atoms with Crippen LogP contribution in [0.2, 0.25) is 0 Å². The fourth-order valence-corrected chi connectivity index (χ4v) is 4.91. The van der Waals surface area contributed by atoms with Gasteiger partial charge in [-0.1, -0.05) is 17.9 Å². The fourth-order valence-electron chi connectivity index (χ4n) is 4.91. The molecule has 0 saturated carbocycles. The molecule has 2 N–H and O–H groups in total. The highest BCUT2D eigenvalue weighted by Gasteiger charge is 2.34. The highest BCUT2D eigenvalue weighted by molar-refractivity contribution is 5.83. The smallest absolute Gasteiger partial charge is 0.308 e. The number of ether oxygens (including phenoxy) is 1. The summed E-state index contributed by atoms with van der Waals surface area (Å²) in [6.07, 6.45) is 2.54. The summed E-state index contributed by atoms with van der Waals surface area (Å²) in [7, 11) is 1.58. The summed E-state index contributed by atoms with van der Waals surface area (Å²) >= 11 is 0. The molecule has 0 aliphatic carbocycles. The lowest BCUT2D eigenvalue weighted by Crippen LogP contribution is -2.44. The largest absolute Gasteiger partial charge is 0.497 e. The topological polar surface area (TPSA) is 107 Å². The Morgan fingerprint density at radius 1 is 1.32 bits per heavy atom. The fraction of sp³-hybridized carbons (Fsp3) is 0.345. The number of carbonyl (C=O) groups is 1. The SMILES string of the molecule is COc1ccc2nccc(C(O)CC[C@@H]3CCN(CC#Cc4c(F)cccc4C#N)C[C@@H]3C(=O)O)c2c1. The minimum absolute atomic E-state index is 0.0601. The summed E-state index contributed by atoms with van der Waals surface area (Å²) in [6, 6.07) is 13.5. The van der Waals surface area contributed by atoms with Gasteiger partial charge in [0, 0.05) is 18.1 Å². The number of likely N-dealkylation sites (tertiary alicyclic amines) is 1. The van der Waals surface area contributed by atoms with Crippen molar-refractivity contribution in [3.63, 3.8) is 0 Å². The number of nitrogens with zero attached hydrogens (tertiary/aromatic N) is 3. The predicted octanol–water partition coefficient (Wildman–Crippen LogP) is 4.14. The van der Waals surface area contributed by atoms with Gasteiger partial charge in [-0.15, -0.1) is 0 Å². The average Bonchev–Trinajstić information content (AvgIpc) is 2.92. The molecule has 8 heteroatoms. The Morgan fingerprint density at radius 3 is 2.92 bits per heavy atom. The van der Waals surface area contributed by atoms with Crippen molar-refractivity contribution in [2.24, 2.45) is 11.8 Å². The Hall–Kier alpha value is -3.98. The molecule has 4 rings (SSSR count). The number of methoxy groups -OCH3 is 1. The van der Waals surface area contributed by atoms with Crippen LogP contribution in [-0.4, -0.2) is 52.8 Å². The number of benzene rings is 2. The average molecular weight is 502 g/mol. The first kappa shape index (κ1) is 26.1. The molecule has 0 amide bonds. The first-order chi connectivity index (χ1) is 17.9. The van der Waals surface area contributed by atoms with Gasteiger partial charge in [-0.2, -0.15) is 5.26 Å². The first-order valence-electron chi connectivity index (χ1n) is 12.1. The maximum Gasteiger partial charge on any atom is 0.308 e. The summed E-state index contributed by atoms with van der Waals surface area (Å²) < 4.78 is 19.4. The third kappa shape index (κ3) is 6.06. The number of hydrogen-bond donors (Lipinski definition) is 2. The summed E-state index contributed by atoms with van der Waals surface area (Å²) in [5.74, 6) is 4.19. The van der Waals surface area contributed by atoms with Crippen molar-refractivity contribution in [3.05, 3.63) is 71.2 Å². The lowest BCUT2D eigenvalue weighted by molar-refractivity contribution is -0.146. The molecule has 0 bridgehead atoms. The summed E-state index contributed by atoms with van der Waals surface area (Å²) in [5, 5.41) is 30.8. The number of carboxylic acids is 1. The summed E-state index contributed by atoms with van der Waals surface area (Å²) in [5.41, 5.74) is 1.74. The second-order valence-electron chi connectivity index (χ2n) is 9.18. The minimum atomic E-state index is -0.878. The van der Waals surface area contributed by atoms with Crippen molar-refractivity contribution in [2.45, 2.75) is 25.4 Å². The molecule has 7 nitrogen and oxygen atoms in total. The lowest BCUT2D eigenvalue weighted by atomic mass is 9.81. The van der Waals surface area contributed by atoms with Crippen molar-refractivity contribution in [1.82, 2.24) is 9.88 Å². The molecular formula is C29H28FN3O4. The van der Waals surface area contributed by atoms with Gasteiger partial charge in [-0.05, 0) is 73.7 Å². The summed E-state index contributed by atoms with van der Waals surface area (Å²) in [4.78, 5) is 18.4. The van der Waals surface area contributed by atoms with Crippen LogP contribution in [0.5, 0.6) is 5.75 Å². The number of aliphatic carboxylic acids is 1. The Bertz CT molecular complexity index is 1390. The Morgan fingerprint density at radius 2 is 2.16 bits per heavy atom. The van der Waals surface area contributed by atoms with Crippen molar-refractivity contribution in [1.29, 1.82) is 5.26 Å². The molecule has 0 spiro atoms. The zero-order chi connectivity index (χ0) is 26.4. The van der Waals surface area contributed by atoms with E-state index in [1.54, 1.807) is 19.4 Å². The van der Waals surface area contributed by atoms with E-state index in [9.17, 15) is 19.4 Å². The number of pyridine rings is 1. The molecule has 1 unspecified atom stereocenters. The van der Waals surface area contributed by atoms with Gasteiger partial charge in [-0.3, -0.25) is 14.7 Å². The number of nitriles is 1. The van der Waals surface area contributed by atoms with Crippen LogP contribution < -0.4 is 4.74 Å². The Labute approximate surface area is 215 Å². The van der Waals surface area contributed by atoms with Crippen molar-refractivity contribution in [3.8, 4) is 23.7 Å². The van der Waals surface area contributed by atoms with E-state index in [0.29, 0.717) is 38.1 Å². The van der Waals surface area contributed by atoms with Crippen LogP contribution in [0.4, 0.5) is 4.39 Å². The number of halogens is 1. The van der Waals surface area contributed by atoms with E-state index >= 15 is 0 Å². The monoisotopic (exact) mass is 501 g/mol. The molecule has 1 aromatic heterocycles. The standard InChI is InChI=1S/C29H28FN3O4/c1-37-21-8-9-27-24(16-21)23(11-13-32-27)28(34)10-7-19-12-15-33(18-25(19)29(35)36)14-3-5-22-20(17-31)4-2-6-26(22)30/h2,4,6,8-9,11,13,16,19,25,28,34H,7,10,12,14-15,18H2,1H3,(H,35,36)/t19-,25+,28?/m1/s1. The molecule has 1 saturated heterocycles. The number of carboxylic acid groups (broad SMARTS) is 1. The Kier molecular flexibility index (Phi) is 8.35. The second-order valence-corrected chi connectivity index (χ2v) is 9.18. The molecule has 190 valence electrons. The number of hydrogen-bond acceptors (Lipinski definition) is 6. The van der Waals surface area contributed by atoms with Gasteiger partial charge in [0.1, 0.15) is 17.6 Å². The van der Waals surface area contributed by atoms with Crippen LogP contribution in [0.15, 0.2) is 48.7 Å². The number of rotatable bonds is 7. The van der Waals surface area contributed by atoms with Crippen LogP contribution in [0, 0.1) is 40.8 Å². The van der Waals surface area contributed by atoms with Crippen LogP contribution in [0.25, 0.3) is 10.9 Å². The minimum Gasteiger partial charge on any atom is -0.497 e. The maximum atomic E-state index is 14.0. The van der Waals surface area contributed by atoms with E-state index in [0.717, 1.165) is 16.5 Å². The molecule has 3 aromatic rings. The van der Waals surface area contributed by atoms with Crippen molar-refractivity contribution >= 4 is 16.9 Å². The third-order valence-corrected chi connectivity index (χ3v) is 6.96. The van der Waals surface area contributed by atoms with Gasteiger partial charge in [0.15, 0.2) is 0 Å². The molecule has 3 atom stereocenters. The van der Waals surface area contributed by atoms with E-state index in [2.05, 4.69) is 16.8 Å². The van der Waals surface area contributed by atoms with E-state index in [4.69, 9.17) is 10.00 Å². The van der Waals surface area contributed by atoms with Gasteiger partial charge in [-0.25, -0.2) is 4.39 Å². The van der Waals surface area contributed by atoms with Crippen LogP contribution in [-0.2, 0) is 4.79 Å². The molecule has 37 heavy (non-hydrogen) atoms. The highest BCUT2D eigenvalue weighted by Crippen LogP contribution is 2.33. The zero-order valence-corrected chi connectivity index (χ0v) is 20.5. The van der Waals surface area contributed by atoms with Crippen molar-refractivity contribution in [2.75, 3.05) is 26.7 Å². The lowest BCUT2D eigenvalue weighted by Gasteiger charge is -2.36. The third-order valence-electron chi connectivity index (χ3n) is 6.96. The molecule has 1 aliphatic rings. The predicted molar refractivity (Wildman–Crippen MR) is 136 cm³/mol. The van der Waals surface area contributed by atoms with E-state index in [1.807, 2.05) is 29.2 Å². The second kappa shape index (κ2) is 11.8. The normalized spacial score (nSPS) is 18.4.